The van der Waals surface area contributed by atoms with E-state index in [1.165, 1.54) is 6.07 Å². The zero-order chi connectivity index (χ0) is 25.4. The van der Waals surface area contributed by atoms with E-state index in [-0.39, 0.29) is 13.6 Å². The maximum Gasteiger partial charge on any atom is 0.273 e. The second kappa shape index (κ2) is 9.88. The van der Waals surface area contributed by atoms with E-state index in [4.69, 9.17) is 23.2 Å². The van der Waals surface area contributed by atoms with Crippen LogP contribution in [0.1, 0.15) is 22.8 Å². The van der Waals surface area contributed by atoms with Crippen molar-refractivity contribution < 1.29 is 18.3 Å². The van der Waals surface area contributed by atoms with Crippen molar-refractivity contribution in [1.82, 2.24) is 4.72 Å². The molecule has 3 aromatic carbocycles. The highest BCUT2D eigenvalue weighted by Gasteiger charge is 2.29. The number of benzene rings is 3. The molecule has 2 heterocycles. The number of hydrogen-bond donors (Lipinski definition) is 2. The van der Waals surface area contributed by atoms with E-state index in [0.29, 0.717) is 18.7 Å². The van der Waals surface area contributed by atoms with E-state index in [1.807, 2.05) is 29.0 Å². The number of para-hydroxylation sites is 1. The number of carbonyl (C=O) groups is 1. The van der Waals surface area contributed by atoms with Gasteiger partial charge in [0.05, 0.1) is 16.8 Å². The van der Waals surface area contributed by atoms with Crippen molar-refractivity contribution in [3.8, 4) is 0 Å². The molecule has 36 heavy (non-hydrogen) atoms. The lowest BCUT2D eigenvalue weighted by Gasteiger charge is -2.21. The van der Waals surface area contributed by atoms with E-state index in [0.717, 1.165) is 45.0 Å². The lowest BCUT2D eigenvalue weighted by Crippen LogP contribution is -2.28. The topological polar surface area (TPSA) is 86.7 Å². The SMILES string of the molecule is O=C(C=Cc1cccc2c1N(Cc1ccc3ccccc3c1)CC2O)NS(=O)(=O)c1cc(Cl)c(Cl)s1. The molecule has 0 saturated carbocycles. The van der Waals surface area contributed by atoms with Crippen molar-refractivity contribution in [3.63, 3.8) is 0 Å². The van der Waals surface area contributed by atoms with Crippen LogP contribution in [0.15, 0.2) is 77.0 Å². The van der Waals surface area contributed by atoms with Gasteiger partial charge in [-0.1, -0.05) is 77.8 Å². The number of nitrogens with zero attached hydrogens (tertiary/aromatic N) is 1. The quantitative estimate of drug-likeness (QED) is 0.293. The molecule has 0 spiro atoms. The fourth-order valence-corrected chi connectivity index (χ4v) is 7.11. The Morgan fingerprint density at radius 2 is 1.86 bits per heavy atom. The van der Waals surface area contributed by atoms with Gasteiger partial charge >= 0.3 is 0 Å². The second-order valence-corrected chi connectivity index (χ2v) is 12.3. The van der Waals surface area contributed by atoms with Crippen molar-refractivity contribution in [2.75, 3.05) is 11.4 Å². The maximum absolute atomic E-state index is 12.5. The number of carbonyl (C=O) groups excluding carboxylic acids is 1. The number of thiophene rings is 1. The molecule has 4 aromatic rings. The second-order valence-electron chi connectivity index (χ2n) is 8.35. The van der Waals surface area contributed by atoms with Gasteiger partial charge in [-0.25, -0.2) is 13.1 Å². The zero-order valence-corrected chi connectivity index (χ0v) is 21.8. The predicted octanol–water partition coefficient (Wildman–Crippen LogP) is 5.78. The summed E-state index contributed by atoms with van der Waals surface area (Å²) in [5, 5.41) is 13.1. The fraction of sp³-hybridized carbons (Fsp3) is 0.115. The van der Waals surface area contributed by atoms with Crippen molar-refractivity contribution in [2.45, 2.75) is 16.9 Å². The Labute approximate surface area is 222 Å². The summed E-state index contributed by atoms with van der Waals surface area (Å²) in [6, 6.07) is 21.0. The first kappa shape index (κ1) is 24.8. The van der Waals surface area contributed by atoms with Gasteiger partial charge in [0.2, 0.25) is 0 Å². The van der Waals surface area contributed by atoms with Crippen LogP contribution in [0.4, 0.5) is 5.69 Å². The molecule has 0 bridgehead atoms. The van der Waals surface area contributed by atoms with Crippen LogP contribution in [0.2, 0.25) is 9.36 Å². The van der Waals surface area contributed by atoms with Gasteiger partial charge in [0.15, 0.2) is 0 Å². The lowest BCUT2D eigenvalue weighted by atomic mass is 10.0. The van der Waals surface area contributed by atoms with Crippen LogP contribution in [0, 0.1) is 0 Å². The fourth-order valence-electron chi connectivity index (χ4n) is 4.29. The minimum atomic E-state index is -4.11. The first-order chi connectivity index (χ1) is 17.2. The maximum atomic E-state index is 12.5. The third kappa shape index (κ3) is 5.00. The van der Waals surface area contributed by atoms with E-state index in [1.54, 1.807) is 12.1 Å². The predicted molar refractivity (Wildman–Crippen MR) is 145 cm³/mol. The highest BCUT2D eigenvalue weighted by atomic mass is 35.5. The van der Waals surface area contributed by atoms with Crippen LogP contribution in [-0.4, -0.2) is 26.0 Å². The Morgan fingerprint density at radius 3 is 2.61 bits per heavy atom. The van der Waals surface area contributed by atoms with Gasteiger partial charge in [0.25, 0.3) is 15.9 Å². The van der Waals surface area contributed by atoms with Gasteiger partial charge in [0, 0.05) is 24.7 Å². The summed E-state index contributed by atoms with van der Waals surface area (Å²) in [6.07, 6.45) is 2.03. The minimum Gasteiger partial charge on any atom is -0.386 e. The van der Waals surface area contributed by atoms with Crippen molar-refractivity contribution in [2.24, 2.45) is 0 Å². The molecule has 184 valence electrons. The number of nitrogens with one attached hydrogen (secondary N) is 1. The summed E-state index contributed by atoms with van der Waals surface area (Å²) in [6.45, 7) is 0.980. The molecule has 0 fully saturated rings. The molecule has 1 aliphatic rings. The third-order valence-electron chi connectivity index (χ3n) is 5.89. The van der Waals surface area contributed by atoms with Crippen LogP contribution >= 0.6 is 34.5 Å². The Kier molecular flexibility index (Phi) is 6.80. The summed E-state index contributed by atoms with van der Waals surface area (Å²) >= 11 is 12.5. The van der Waals surface area contributed by atoms with Crippen molar-refractivity contribution in [1.29, 1.82) is 0 Å². The number of amides is 1. The lowest BCUT2D eigenvalue weighted by molar-refractivity contribution is -0.114. The summed E-state index contributed by atoms with van der Waals surface area (Å²) in [7, 11) is -4.11. The van der Waals surface area contributed by atoms with E-state index < -0.39 is 22.0 Å². The Bertz CT molecular complexity index is 1600. The molecule has 1 aromatic heterocycles. The van der Waals surface area contributed by atoms with Gasteiger partial charge in [-0.05, 0) is 40.1 Å². The van der Waals surface area contributed by atoms with Crippen molar-refractivity contribution in [3.05, 3.63) is 98.9 Å². The van der Waals surface area contributed by atoms with Crippen LogP contribution in [0.3, 0.4) is 0 Å². The molecule has 0 radical (unpaired) electrons. The molecule has 1 atom stereocenters. The molecule has 5 rings (SSSR count). The van der Waals surface area contributed by atoms with Crippen LogP contribution in [0.25, 0.3) is 16.8 Å². The Hall–Kier alpha value is -2.88. The van der Waals surface area contributed by atoms with Gasteiger partial charge in [0.1, 0.15) is 8.55 Å². The van der Waals surface area contributed by atoms with E-state index >= 15 is 0 Å². The molecular weight excluding hydrogens is 539 g/mol. The normalized spacial score (nSPS) is 15.5. The number of hydrogen-bond acceptors (Lipinski definition) is 6. The molecule has 2 N–H and O–H groups in total. The van der Waals surface area contributed by atoms with Gasteiger partial charge in [-0.15, -0.1) is 11.3 Å². The third-order valence-corrected chi connectivity index (χ3v) is 9.58. The monoisotopic (exact) mass is 558 g/mol. The molecule has 10 heteroatoms. The molecule has 1 amide bonds. The van der Waals surface area contributed by atoms with Crippen LogP contribution < -0.4 is 9.62 Å². The number of aliphatic hydroxyl groups excluding tert-OH is 1. The van der Waals surface area contributed by atoms with E-state index in [9.17, 15) is 18.3 Å². The minimum absolute atomic E-state index is 0.106. The van der Waals surface area contributed by atoms with Gasteiger partial charge in [-0.2, -0.15) is 0 Å². The number of halogens is 2. The summed E-state index contributed by atoms with van der Waals surface area (Å²) in [5.74, 6) is -0.812. The Morgan fingerprint density at radius 1 is 1.08 bits per heavy atom. The smallest absolute Gasteiger partial charge is 0.273 e. The number of fused-ring (bicyclic) bond motifs is 2. The first-order valence-corrected chi connectivity index (χ1v) is 14.0. The number of rotatable bonds is 6. The zero-order valence-electron chi connectivity index (χ0n) is 18.7. The number of aliphatic hydroxyl groups is 1. The van der Waals surface area contributed by atoms with Crippen LogP contribution in [-0.2, 0) is 21.4 Å². The highest BCUT2D eigenvalue weighted by molar-refractivity contribution is 7.92. The molecule has 6 nitrogen and oxygen atoms in total. The number of β-amino-alcohol motifs (C(OH)–C–C–N with tert-alkyl or cyclic N) is 1. The first-order valence-electron chi connectivity index (χ1n) is 10.9. The largest absolute Gasteiger partial charge is 0.386 e. The van der Waals surface area contributed by atoms with E-state index in [2.05, 4.69) is 35.2 Å². The van der Waals surface area contributed by atoms with Gasteiger partial charge < -0.3 is 10.0 Å². The van der Waals surface area contributed by atoms with Gasteiger partial charge in [-0.3, -0.25) is 4.79 Å². The highest BCUT2D eigenvalue weighted by Crippen LogP contribution is 2.39. The average Bonchev–Trinajstić information content (AvgIpc) is 3.36. The number of anilines is 1. The molecule has 1 aliphatic heterocycles. The molecular formula is C26H20Cl2N2O4S2. The van der Waals surface area contributed by atoms with Crippen LogP contribution in [0.5, 0.6) is 0 Å². The molecule has 0 aliphatic carbocycles. The standard InChI is InChI=1S/C26H20Cl2N2O4S2/c27-21-13-24(35-26(21)28)36(33,34)29-23(32)11-10-18-6-3-7-20-22(31)15-30(25(18)20)14-16-8-9-17-4-1-2-5-19(17)12-16/h1-13,22,31H,14-15H2,(H,29,32). The average molecular weight is 559 g/mol. The number of sulfonamides is 1. The molecule has 1 unspecified atom stereocenters. The molecule has 0 saturated heterocycles. The summed E-state index contributed by atoms with van der Waals surface area (Å²) in [5.41, 5.74) is 3.35. The summed E-state index contributed by atoms with van der Waals surface area (Å²) < 4.78 is 27.0. The van der Waals surface area contributed by atoms with Crippen molar-refractivity contribution >= 4 is 73.0 Å². The Balaban J connectivity index is 1.38. The summed E-state index contributed by atoms with van der Waals surface area (Å²) in [4.78, 5) is 14.5.